The summed E-state index contributed by atoms with van der Waals surface area (Å²) in [5, 5.41) is 0. The molecule has 0 aliphatic carbocycles. The minimum absolute atomic E-state index is 0.0580. The van der Waals surface area contributed by atoms with E-state index in [1.54, 1.807) is 32.9 Å². The molecule has 0 atom stereocenters. The molecular formula is C14H22N2O2. The van der Waals surface area contributed by atoms with Gasteiger partial charge in [-0.1, -0.05) is 18.2 Å². The summed E-state index contributed by atoms with van der Waals surface area (Å²) in [5.74, 6) is 0.794. The molecule has 100 valence electrons. The molecule has 0 aliphatic heterocycles. The molecule has 1 aromatic carbocycles. The van der Waals surface area contributed by atoms with Crippen LogP contribution >= 0.6 is 0 Å². The Kier molecular flexibility index (Phi) is 4.73. The van der Waals surface area contributed by atoms with Crippen molar-refractivity contribution in [1.82, 2.24) is 4.90 Å². The molecule has 0 aromatic heterocycles. The number of amides is 1. The third-order valence-electron chi connectivity index (χ3n) is 2.81. The Morgan fingerprint density at radius 2 is 2.00 bits per heavy atom. The number of hydrogen-bond donors (Lipinski definition) is 1. The lowest BCUT2D eigenvalue weighted by atomic mass is 10.1. The molecule has 0 spiro atoms. The van der Waals surface area contributed by atoms with Gasteiger partial charge in [-0.05, 0) is 31.9 Å². The Labute approximate surface area is 109 Å². The topological polar surface area (TPSA) is 55.6 Å². The van der Waals surface area contributed by atoms with E-state index in [1.807, 2.05) is 24.3 Å². The van der Waals surface area contributed by atoms with Gasteiger partial charge in [0.1, 0.15) is 5.75 Å². The molecule has 0 radical (unpaired) electrons. The molecule has 0 heterocycles. The van der Waals surface area contributed by atoms with Gasteiger partial charge in [-0.3, -0.25) is 4.79 Å². The SMILES string of the molecule is COc1ccccc1CCN(C)C(=O)C(C)(C)N. The molecular weight excluding hydrogens is 228 g/mol. The van der Waals surface area contributed by atoms with E-state index in [0.29, 0.717) is 6.54 Å². The van der Waals surface area contributed by atoms with Gasteiger partial charge in [-0.15, -0.1) is 0 Å². The predicted octanol–water partition coefficient (Wildman–Crippen LogP) is 1.43. The molecule has 2 N–H and O–H groups in total. The van der Waals surface area contributed by atoms with E-state index in [0.717, 1.165) is 17.7 Å². The van der Waals surface area contributed by atoms with Crippen LogP contribution in [-0.4, -0.2) is 37.0 Å². The van der Waals surface area contributed by atoms with Crippen LogP contribution in [0.5, 0.6) is 5.75 Å². The van der Waals surface area contributed by atoms with Crippen molar-refractivity contribution in [2.75, 3.05) is 20.7 Å². The number of nitrogens with two attached hydrogens (primary N) is 1. The first-order valence-electron chi connectivity index (χ1n) is 6.02. The molecule has 4 nitrogen and oxygen atoms in total. The Hall–Kier alpha value is -1.55. The fourth-order valence-electron chi connectivity index (χ4n) is 1.79. The lowest BCUT2D eigenvalue weighted by Crippen LogP contribution is -2.50. The molecule has 1 aromatic rings. The monoisotopic (exact) mass is 250 g/mol. The van der Waals surface area contributed by atoms with Crippen molar-refractivity contribution in [1.29, 1.82) is 0 Å². The van der Waals surface area contributed by atoms with Crippen molar-refractivity contribution >= 4 is 5.91 Å². The van der Waals surface area contributed by atoms with Crippen molar-refractivity contribution in [2.45, 2.75) is 25.8 Å². The minimum atomic E-state index is -0.824. The highest BCUT2D eigenvalue weighted by Crippen LogP contribution is 2.18. The number of hydrogen-bond acceptors (Lipinski definition) is 3. The van der Waals surface area contributed by atoms with Crippen molar-refractivity contribution < 1.29 is 9.53 Å². The maximum Gasteiger partial charge on any atom is 0.241 e. The highest BCUT2D eigenvalue weighted by Gasteiger charge is 2.25. The largest absolute Gasteiger partial charge is 0.496 e. The van der Waals surface area contributed by atoms with Gasteiger partial charge in [-0.25, -0.2) is 0 Å². The summed E-state index contributed by atoms with van der Waals surface area (Å²) in [6, 6.07) is 7.82. The van der Waals surface area contributed by atoms with Crippen LogP contribution in [0.2, 0.25) is 0 Å². The number of methoxy groups -OCH3 is 1. The van der Waals surface area contributed by atoms with Gasteiger partial charge >= 0.3 is 0 Å². The summed E-state index contributed by atoms with van der Waals surface area (Å²) < 4.78 is 5.28. The van der Waals surface area contributed by atoms with E-state index >= 15 is 0 Å². The Morgan fingerprint density at radius 3 is 2.56 bits per heavy atom. The summed E-state index contributed by atoms with van der Waals surface area (Å²) in [7, 11) is 3.42. The molecule has 0 saturated carbocycles. The van der Waals surface area contributed by atoms with Crippen LogP contribution in [-0.2, 0) is 11.2 Å². The second-order valence-corrected chi connectivity index (χ2v) is 5.01. The first kappa shape index (κ1) is 14.5. The van der Waals surface area contributed by atoms with Gasteiger partial charge in [0.05, 0.1) is 12.6 Å². The second-order valence-electron chi connectivity index (χ2n) is 5.01. The summed E-state index contributed by atoms with van der Waals surface area (Å²) >= 11 is 0. The number of carbonyl (C=O) groups excluding carboxylic acids is 1. The minimum Gasteiger partial charge on any atom is -0.496 e. The van der Waals surface area contributed by atoms with E-state index in [4.69, 9.17) is 10.5 Å². The Morgan fingerprint density at radius 1 is 1.39 bits per heavy atom. The van der Waals surface area contributed by atoms with Gasteiger partial charge in [0.25, 0.3) is 0 Å². The summed E-state index contributed by atoms with van der Waals surface area (Å²) in [5.41, 5.74) is 6.06. The van der Waals surface area contributed by atoms with E-state index in [1.165, 1.54) is 0 Å². The Balaban J connectivity index is 2.63. The van der Waals surface area contributed by atoms with Crippen molar-refractivity contribution in [3.05, 3.63) is 29.8 Å². The normalized spacial score (nSPS) is 11.2. The van der Waals surface area contributed by atoms with Crippen LogP contribution in [0.4, 0.5) is 0 Å². The molecule has 0 aliphatic rings. The third-order valence-corrected chi connectivity index (χ3v) is 2.81. The molecule has 0 saturated heterocycles. The van der Waals surface area contributed by atoms with E-state index in [-0.39, 0.29) is 5.91 Å². The van der Waals surface area contributed by atoms with Crippen molar-refractivity contribution in [3.63, 3.8) is 0 Å². The molecule has 0 bridgehead atoms. The lowest BCUT2D eigenvalue weighted by Gasteiger charge is -2.26. The number of rotatable bonds is 5. The highest BCUT2D eigenvalue weighted by molar-refractivity contribution is 5.84. The highest BCUT2D eigenvalue weighted by atomic mass is 16.5. The van der Waals surface area contributed by atoms with Crippen LogP contribution in [0.3, 0.4) is 0 Å². The molecule has 18 heavy (non-hydrogen) atoms. The Bertz CT molecular complexity index is 411. The first-order chi connectivity index (χ1) is 8.36. The zero-order valence-electron chi connectivity index (χ0n) is 11.6. The van der Waals surface area contributed by atoms with Crippen LogP contribution in [0.25, 0.3) is 0 Å². The summed E-state index contributed by atoms with van der Waals surface area (Å²) in [4.78, 5) is 13.6. The number of ether oxygens (including phenoxy) is 1. The molecule has 1 amide bonds. The number of benzene rings is 1. The molecule has 4 heteroatoms. The predicted molar refractivity (Wildman–Crippen MR) is 72.6 cm³/mol. The molecule has 0 fully saturated rings. The average molecular weight is 250 g/mol. The molecule has 0 unspecified atom stereocenters. The van der Waals surface area contributed by atoms with Crippen molar-refractivity contribution in [3.8, 4) is 5.75 Å². The standard InChI is InChI=1S/C14H22N2O2/c1-14(2,15)13(17)16(3)10-9-11-7-5-6-8-12(11)18-4/h5-8H,9-10,15H2,1-4H3. The second kappa shape index (κ2) is 5.87. The van der Waals surface area contributed by atoms with Gasteiger partial charge in [0.2, 0.25) is 5.91 Å². The van der Waals surface area contributed by atoms with Gasteiger partial charge in [-0.2, -0.15) is 0 Å². The van der Waals surface area contributed by atoms with Crippen LogP contribution in [0.15, 0.2) is 24.3 Å². The van der Waals surface area contributed by atoms with Gasteiger partial charge < -0.3 is 15.4 Å². The number of carbonyl (C=O) groups is 1. The number of nitrogens with zero attached hydrogens (tertiary/aromatic N) is 1. The van der Waals surface area contributed by atoms with E-state index < -0.39 is 5.54 Å². The van der Waals surface area contributed by atoms with Gasteiger partial charge in [0.15, 0.2) is 0 Å². The number of para-hydroxylation sites is 1. The van der Waals surface area contributed by atoms with E-state index in [9.17, 15) is 4.79 Å². The summed E-state index contributed by atoms with van der Waals surface area (Å²) in [6.45, 7) is 4.06. The number of likely N-dealkylation sites (N-methyl/N-ethyl adjacent to an activating group) is 1. The fourth-order valence-corrected chi connectivity index (χ4v) is 1.79. The van der Waals surface area contributed by atoms with Crippen molar-refractivity contribution in [2.24, 2.45) is 5.73 Å². The quantitative estimate of drug-likeness (QED) is 0.860. The molecule has 1 rings (SSSR count). The smallest absolute Gasteiger partial charge is 0.241 e. The summed E-state index contributed by atoms with van der Waals surface area (Å²) in [6.07, 6.45) is 0.752. The van der Waals surface area contributed by atoms with Crippen LogP contribution < -0.4 is 10.5 Å². The van der Waals surface area contributed by atoms with Crippen LogP contribution in [0.1, 0.15) is 19.4 Å². The third kappa shape index (κ3) is 3.74. The van der Waals surface area contributed by atoms with Crippen LogP contribution in [0, 0.1) is 0 Å². The fraction of sp³-hybridized carbons (Fsp3) is 0.500. The maximum atomic E-state index is 11.9. The first-order valence-corrected chi connectivity index (χ1v) is 6.02. The van der Waals surface area contributed by atoms with E-state index in [2.05, 4.69) is 0 Å². The maximum absolute atomic E-state index is 11.9. The van der Waals surface area contributed by atoms with Gasteiger partial charge in [0, 0.05) is 13.6 Å². The average Bonchev–Trinajstić information content (AvgIpc) is 2.34. The zero-order valence-corrected chi connectivity index (χ0v) is 11.6. The zero-order chi connectivity index (χ0) is 13.8. The lowest BCUT2D eigenvalue weighted by molar-refractivity contribution is -0.134.